The molecule has 0 saturated carbocycles. The fourth-order valence-electron chi connectivity index (χ4n) is 7.01. The Kier molecular flexibility index (Phi) is 51.0. The predicted molar refractivity (Wildman–Crippen MR) is 288 cm³/mol. The molecule has 0 spiro atoms. The van der Waals surface area contributed by atoms with E-state index < -0.39 is 12.1 Å². The van der Waals surface area contributed by atoms with Crippen molar-refractivity contribution in [3.63, 3.8) is 0 Å². The van der Waals surface area contributed by atoms with E-state index in [0.29, 0.717) is 19.3 Å². The van der Waals surface area contributed by atoms with Crippen molar-refractivity contribution in [3.05, 3.63) is 122 Å². The van der Waals surface area contributed by atoms with Crippen LogP contribution in [0.5, 0.6) is 0 Å². The lowest BCUT2D eigenvalue weighted by molar-refractivity contribution is -0.166. The van der Waals surface area contributed by atoms with E-state index >= 15 is 0 Å². The number of esters is 3. The van der Waals surface area contributed by atoms with Crippen LogP contribution >= 0.6 is 0 Å². The van der Waals surface area contributed by atoms with Gasteiger partial charge in [-0.25, -0.2) is 0 Å². The molecule has 0 aromatic rings. The highest BCUT2D eigenvalue weighted by Gasteiger charge is 2.19. The van der Waals surface area contributed by atoms with Gasteiger partial charge in [-0.1, -0.05) is 245 Å². The first-order valence-electron chi connectivity index (χ1n) is 27.0. The Balaban J connectivity index is 4.58. The minimum atomic E-state index is -0.849. The van der Waals surface area contributed by atoms with Crippen LogP contribution in [0, 0.1) is 0 Å². The second-order valence-electron chi connectivity index (χ2n) is 17.4. The maximum absolute atomic E-state index is 12.8. The lowest BCUT2D eigenvalue weighted by Gasteiger charge is -2.18. The van der Waals surface area contributed by atoms with Crippen molar-refractivity contribution < 1.29 is 28.6 Å². The van der Waals surface area contributed by atoms with E-state index in [4.69, 9.17) is 14.2 Å². The fourth-order valence-corrected chi connectivity index (χ4v) is 7.01. The summed E-state index contributed by atoms with van der Waals surface area (Å²) in [5.41, 5.74) is 0. The topological polar surface area (TPSA) is 78.9 Å². The third-order valence-electron chi connectivity index (χ3n) is 11.0. The van der Waals surface area contributed by atoms with Crippen molar-refractivity contribution in [2.24, 2.45) is 0 Å². The van der Waals surface area contributed by atoms with Gasteiger partial charge in [-0.15, -0.1) is 0 Å². The largest absolute Gasteiger partial charge is 0.462 e. The van der Waals surface area contributed by atoms with Crippen molar-refractivity contribution in [1.82, 2.24) is 0 Å². The van der Waals surface area contributed by atoms with E-state index in [0.717, 1.165) is 83.5 Å². The molecule has 0 fully saturated rings. The summed E-state index contributed by atoms with van der Waals surface area (Å²) in [6, 6.07) is 0. The van der Waals surface area contributed by atoms with Crippen LogP contribution in [0.1, 0.15) is 226 Å². The molecule has 6 nitrogen and oxygen atoms in total. The number of carbonyl (C=O) groups excluding carboxylic acids is 3. The molecule has 0 aromatic carbocycles. The summed E-state index contributed by atoms with van der Waals surface area (Å²) in [6.07, 6.45) is 75.0. The zero-order valence-corrected chi connectivity index (χ0v) is 43.1. The van der Waals surface area contributed by atoms with Crippen LogP contribution in [0.15, 0.2) is 122 Å². The minimum absolute atomic E-state index is 0.132. The Hall–Kier alpha value is -4.19. The molecule has 0 rings (SSSR count). The van der Waals surface area contributed by atoms with Gasteiger partial charge in [0.25, 0.3) is 0 Å². The molecule has 1 unspecified atom stereocenters. The smallest absolute Gasteiger partial charge is 0.306 e. The summed E-state index contributed by atoms with van der Waals surface area (Å²) in [5, 5.41) is 0. The molecule has 0 saturated heterocycles. The van der Waals surface area contributed by atoms with Crippen LogP contribution in [-0.4, -0.2) is 37.2 Å². The number of hydrogen-bond acceptors (Lipinski definition) is 6. The van der Waals surface area contributed by atoms with E-state index in [9.17, 15) is 14.4 Å². The van der Waals surface area contributed by atoms with Gasteiger partial charge in [-0.2, -0.15) is 0 Å². The first-order valence-corrected chi connectivity index (χ1v) is 27.0. The molecule has 0 radical (unpaired) electrons. The van der Waals surface area contributed by atoms with Gasteiger partial charge in [0.15, 0.2) is 6.10 Å². The van der Waals surface area contributed by atoms with Crippen molar-refractivity contribution >= 4 is 17.9 Å². The van der Waals surface area contributed by atoms with Crippen LogP contribution in [0.2, 0.25) is 0 Å². The number of hydrogen-bond donors (Lipinski definition) is 0. The van der Waals surface area contributed by atoms with Crippen LogP contribution < -0.4 is 0 Å². The summed E-state index contributed by atoms with van der Waals surface area (Å²) < 4.78 is 16.7. The summed E-state index contributed by atoms with van der Waals surface area (Å²) in [7, 11) is 0. The molecule has 0 aromatic heterocycles. The van der Waals surface area contributed by atoms with Gasteiger partial charge in [-0.05, 0) is 83.5 Å². The van der Waals surface area contributed by atoms with E-state index in [1.165, 1.54) is 89.9 Å². The molecule has 0 aliphatic rings. The lowest BCUT2D eigenvalue weighted by Crippen LogP contribution is -2.30. The zero-order chi connectivity index (χ0) is 48.6. The van der Waals surface area contributed by atoms with E-state index in [1.54, 1.807) is 0 Å². The monoisotopic (exact) mass is 927 g/mol. The lowest BCUT2D eigenvalue weighted by atomic mass is 10.0. The average Bonchev–Trinajstić information content (AvgIpc) is 3.33. The third kappa shape index (κ3) is 52.6. The maximum Gasteiger partial charge on any atom is 0.306 e. The van der Waals surface area contributed by atoms with Crippen LogP contribution in [0.4, 0.5) is 0 Å². The van der Waals surface area contributed by atoms with Crippen molar-refractivity contribution in [2.45, 2.75) is 232 Å². The molecule has 0 amide bonds. The van der Waals surface area contributed by atoms with E-state index in [2.05, 4.69) is 118 Å². The van der Waals surface area contributed by atoms with Crippen molar-refractivity contribution in [3.8, 4) is 0 Å². The molecular formula is C61H98O6. The summed E-state index contributed by atoms with van der Waals surface area (Å²) in [5.74, 6) is -1.11. The Morgan fingerprint density at radius 1 is 0.313 bits per heavy atom. The first-order chi connectivity index (χ1) is 33.0. The number of rotatable bonds is 47. The van der Waals surface area contributed by atoms with Gasteiger partial charge < -0.3 is 14.2 Å². The van der Waals surface area contributed by atoms with Gasteiger partial charge in [0, 0.05) is 19.3 Å². The van der Waals surface area contributed by atoms with Crippen LogP contribution in [0.25, 0.3) is 0 Å². The SMILES string of the molecule is CC/C=C\C/C=C\C/C=C\C/C=C\C/C=C\CCC(=O)OCC(COC(=O)CCCCCCCCCCCCCCCCCCC)OC(=O)CC/C=C\C/C=C\C/C=C\C/C=C\C/C=C\CC. The molecular weight excluding hydrogens is 829 g/mol. The predicted octanol–water partition coefficient (Wildman–Crippen LogP) is 18.1. The molecule has 6 heteroatoms. The molecule has 0 bridgehead atoms. The number of carbonyl (C=O) groups is 3. The normalized spacial score (nSPS) is 13.1. The Morgan fingerprint density at radius 3 is 0.910 bits per heavy atom. The Labute approximate surface area is 412 Å². The highest BCUT2D eigenvalue weighted by atomic mass is 16.6. The number of allylic oxidation sites excluding steroid dienone is 20. The number of unbranched alkanes of at least 4 members (excludes halogenated alkanes) is 16. The van der Waals surface area contributed by atoms with E-state index in [-0.39, 0.29) is 38.0 Å². The molecule has 0 aliphatic carbocycles. The third-order valence-corrected chi connectivity index (χ3v) is 11.0. The van der Waals surface area contributed by atoms with Gasteiger partial charge in [0.05, 0.1) is 0 Å². The Bertz CT molecular complexity index is 1440. The van der Waals surface area contributed by atoms with Gasteiger partial charge in [-0.3, -0.25) is 14.4 Å². The average molecular weight is 927 g/mol. The minimum Gasteiger partial charge on any atom is -0.462 e. The fraction of sp³-hybridized carbons (Fsp3) is 0.623. The summed E-state index contributed by atoms with van der Waals surface area (Å²) in [6.45, 7) is 6.28. The highest BCUT2D eigenvalue weighted by molar-refractivity contribution is 5.71. The quantitative estimate of drug-likeness (QED) is 0.0262. The molecule has 378 valence electrons. The standard InChI is InChI=1S/C61H98O6/c1-4-7-10-13-16-19-22-25-28-31-34-36-39-42-45-48-51-54-60(63)66-57-58(67-61(64)55-52-49-46-43-40-37-33-30-27-24-21-18-15-12-9-6-3)56-65-59(62)53-50-47-44-41-38-35-32-29-26-23-20-17-14-11-8-5-2/h8-9,11-12,17-18,20-21,26-27,29-30,35,37-38,40,44,46-47,49,58H,4-7,10,13-16,19,22-25,28,31-34,36,39,41-43,45,48,50-57H2,1-3H3/b11-8-,12-9-,20-17-,21-18-,29-26-,30-27-,38-35-,40-37-,47-44-,49-46-. The van der Waals surface area contributed by atoms with Crippen molar-refractivity contribution in [2.75, 3.05) is 13.2 Å². The van der Waals surface area contributed by atoms with E-state index in [1.807, 2.05) is 24.3 Å². The van der Waals surface area contributed by atoms with Gasteiger partial charge in [0.2, 0.25) is 0 Å². The Morgan fingerprint density at radius 2 is 0.582 bits per heavy atom. The molecule has 67 heavy (non-hydrogen) atoms. The summed E-state index contributed by atoms with van der Waals surface area (Å²) in [4.78, 5) is 38.0. The second-order valence-corrected chi connectivity index (χ2v) is 17.4. The van der Waals surface area contributed by atoms with Crippen LogP contribution in [-0.2, 0) is 28.6 Å². The highest BCUT2D eigenvalue weighted by Crippen LogP contribution is 2.15. The second kappa shape index (κ2) is 54.4. The van der Waals surface area contributed by atoms with Gasteiger partial charge in [0.1, 0.15) is 13.2 Å². The molecule has 0 N–H and O–H groups in total. The number of ether oxygens (including phenoxy) is 3. The molecule has 0 heterocycles. The summed E-state index contributed by atoms with van der Waals surface area (Å²) >= 11 is 0. The first kappa shape index (κ1) is 62.8. The van der Waals surface area contributed by atoms with Crippen molar-refractivity contribution in [1.29, 1.82) is 0 Å². The van der Waals surface area contributed by atoms with Crippen LogP contribution in [0.3, 0.4) is 0 Å². The maximum atomic E-state index is 12.8. The molecule has 1 atom stereocenters. The molecule has 0 aliphatic heterocycles. The zero-order valence-electron chi connectivity index (χ0n) is 43.1. The van der Waals surface area contributed by atoms with Gasteiger partial charge >= 0.3 is 17.9 Å².